The van der Waals surface area contributed by atoms with Gasteiger partial charge in [0.15, 0.2) is 5.78 Å². The predicted molar refractivity (Wildman–Crippen MR) is 77.8 cm³/mol. The molecule has 0 aromatic heterocycles. The van der Waals surface area contributed by atoms with Crippen molar-refractivity contribution in [2.45, 2.75) is 51.6 Å². The van der Waals surface area contributed by atoms with Crippen LogP contribution in [0.4, 0.5) is 0 Å². The molecular formula is C17H22O2. The third-order valence-electron chi connectivity index (χ3n) is 3.72. The topological polar surface area (TPSA) is 37.3 Å². The summed E-state index contributed by atoms with van der Waals surface area (Å²) < 4.78 is 0. The zero-order valence-electron chi connectivity index (χ0n) is 11.6. The molecule has 0 radical (unpaired) electrons. The Morgan fingerprint density at radius 1 is 1.16 bits per heavy atom. The van der Waals surface area contributed by atoms with E-state index in [9.17, 15) is 9.90 Å². The standard InChI is InChI=1S/C17H22O2/c1-2-3-4-5-17(19)14-8-6-13(7-9-14)15-10-11-16(18)12-15/h6-9,12,17,19H,2-5,10-11H2,1H3. The number of benzene rings is 1. The molecule has 0 spiro atoms. The summed E-state index contributed by atoms with van der Waals surface area (Å²) in [5.74, 6) is 0.221. The largest absolute Gasteiger partial charge is 0.388 e. The summed E-state index contributed by atoms with van der Waals surface area (Å²) in [5.41, 5.74) is 3.21. The molecule has 2 heteroatoms. The average molecular weight is 258 g/mol. The molecule has 0 heterocycles. The fraction of sp³-hybridized carbons (Fsp3) is 0.471. The van der Waals surface area contributed by atoms with Crippen molar-refractivity contribution in [3.8, 4) is 0 Å². The summed E-state index contributed by atoms with van der Waals surface area (Å²) in [5, 5.41) is 10.1. The zero-order valence-corrected chi connectivity index (χ0v) is 11.6. The molecule has 102 valence electrons. The van der Waals surface area contributed by atoms with Crippen LogP contribution in [0, 0.1) is 0 Å². The number of aliphatic hydroxyl groups is 1. The number of rotatable bonds is 6. The van der Waals surface area contributed by atoms with Gasteiger partial charge >= 0.3 is 0 Å². The molecule has 0 saturated carbocycles. The van der Waals surface area contributed by atoms with Crippen LogP contribution in [0.1, 0.15) is 62.7 Å². The fourth-order valence-corrected chi connectivity index (χ4v) is 2.50. The number of hydrogen-bond donors (Lipinski definition) is 1. The van der Waals surface area contributed by atoms with E-state index >= 15 is 0 Å². The van der Waals surface area contributed by atoms with Gasteiger partial charge in [-0.05, 0) is 35.6 Å². The van der Waals surface area contributed by atoms with E-state index < -0.39 is 0 Å². The summed E-state index contributed by atoms with van der Waals surface area (Å²) in [6.07, 6.45) is 7.10. The first-order chi connectivity index (χ1) is 9.20. The lowest BCUT2D eigenvalue weighted by atomic mass is 9.99. The Morgan fingerprint density at radius 3 is 2.47 bits per heavy atom. The molecule has 1 aromatic carbocycles. The summed E-state index contributed by atoms with van der Waals surface area (Å²) >= 11 is 0. The van der Waals surface area contributed by atoms with E-state index in [4.69, 9.17) is 0 Å². The summed E-state index contributed by atoms with van der Waals surface area (Å²) in [7, 11) is 0. The Bertz CT molecular complexity index is 457. The van der Waals surface area contributed by atoms with Gasteiger partial charge in [0.1, 0.15) is 0 Å². The van der Waals surface area contributed by atoms with Crippen molar-refractivity contribution in [2.75, 3.05) is 0 Å². The Hall–Kier alpha value is -1.41. The van der Waals surface area contributed by atoms with Crippen LogP contribution in [0.15, 0.2) is 30.3 Å². The number of allylic oxidation sites excluding steroid dienone is 2. The fourth-order valence-electron chi connectivity index (χ4n) is 2.50. The van der Waals surface area contributed by atoms with Gasteiger partial charge in [0, 0.05) is 6.42 Å². The van der Waals surface area contributed by atoms with Crippen molar-refractivity contribution in [3.63, 3.8) is 0 Å². The molecule has 0 fully saturated rings. The maximum absolute atomic E-state index is 11.2. The number of hydrogen-bond acceptors (Lipinski definition) is 2. The highest BCUT2D eigenvalue weighted by Gasteiger charge is 2.14. The van der Waals surface area contributed by atoms with E-state index in [1.807, 2.05) is 24.3 Å². The first-order valence-corrected chi connectivity index (χ1v) is 7.22. The van der Waals surface area contributed by atoms with Crippen molar-refractivity contribution in [1.82, 2.24) is 0 Å². The van der Waals surface area contributed by atoms with E-state index in [2.05, 4.69) is 6.92 Å². The van der Waals surface area contributed by atoms with E-state index in [1.54, 1.807) is 6.08 Å². The minimum absolute atomic E-state index is 0.221. The number of carbonyl (C=O) groups is 1. The zero-order chi connectivity index (χ0) is 13.7. The molecule has 1 atom stereocenters. The van der Waals surface area contributed by atoms with E-state index in [0.717, 1.165) is 36.0 Å². The maximum Gasteiger partial charge on any atom is 0.156 e. The molecular weight excluding hydrogens is 236 g/mol. The second-order valence-electron chi connectivity index (χ2n) is 5.27. The average Bonchev–Trinajstić information content (AvgIpc) is 2.86. The number of unbranched alkanes of at least 4 members (excludes halogenated alkanes) is 2. The number of ketones is 1. The van der Waals surface area contributed by atoms with Crippen molar-refractivity contribution < 1.29 is 9.90 Å². The van der Waals surface area contributed by atoms with Crippen molar-refractivity contribution in [1.29, 1.82) is 0 Å². The molecule has 2 nitrogen and oxygen atoms in total. The molecule has 1 aliphatic rings. The second-order valence-corrected chi connectivity index (χ2v) is 5.27. The van der Waals surface area contributed by atoms with Gasteiger partial charge in [-0.2, -0.15) is 0 Å². The molecule has 1 aliphatic carbocycles. The molecule has 0 aliphatic heterocycles. The predicted octanol–water partition coefficient (Wildman–Crippen LogP) is 4.05. The molecule has 1 aromatic rings. The summed E-state index contributed by atoms with van der Waals surface area (Å²) in [6.45, 7) is 2.16. The van der Waals surface area contributed by atoms with Crippen LogP contribution in [-0.4, -0.2) is 10.9 Å². The van der Waals surface area contributed by atoms with Gasteiger partial charge in [-0.15, -0.1) is 0 Å². The number of carbonyl (C=O) groups excluding carboxylic acids is 1. The first kappa shape index (κ1) is 14.0. The van der Waals surface area contributed by atoms with E-state index in [-0.39, 0.29) is 11.9 Å². The van der Waals surface area contributed by atoms with Gasteiger partial charge in [0.25, 0.3) is 0 Å². The van der Waals surface area contributed by atoms with Crippen LogP contribution >= 0.6 is 0 Å². The lowest BCUT2D eigenvalue weighted by molar-refractivity contribution is -0.114. The summed E-state index contributed by atoms with van der Waals surface area (Å²) in [6, 6.07) is 8.00. The SMILES string of the molecule is CCCCCC(O)c1ccc(C2=CC(=O)CC2)cc1. The van der Waals surface area contributed by atoms with Crippen LogP contribution in [-0.2, 0) is 4.79 Å². The maximum atomic E-state index is 11.2. The van der Waals surface area contributed by atoms with Crippen LogP contribution in [0.5, 0.6) is 0 Å². The van der Waals surface area contributed by atoms with Crippen LogP contribution in [0.2, 0.25) is 0 Å². The smallest absolute Gasteiger partial charge is 0.156 e. The third kappa shape index (κ3) is 3.77. The first-order valence-electron chi connectivity index (χ1n) is 7.22. The van der Waals surface area contributed by atoms with Gasteiger partial charge in [0.2, 0.25) is 0 Å². The Balaban J connectivity index is 1.98. The molecule has 0 amide bonds. The molecule has 19 heavy (non-hydrogen) atoms. The molecule has 0 bridgehead atoms. The minimum atomic E-state index is -0.361. The quantitative estimate of drug-likeness (QED) is 0.782. The second kappa shape index (κ2) is 6.67. The van der Waals surface area contributed by atoms with Gasteiger partial charge in [-0.1, -0.05) is 50.5 Å². The molecule has 0 saturated heterocycles. The van der Waals surface area contributed by atoms with Gasteiger partial charge in [0.05, 0.1) is 6.10 Å². The highest BCUT2D eigenvalue weighted by Crippen LogP contribution is 2.27. The highest BCUT2D eigenvalue weighted by molar-refractivity contribution is 6.01. The van der Waals surface area contributed by atoms with E-state index in [0.29, 0.717) is 6.42 Å². The molecule has 1 N–H and O–H groups in total. The minimum Gasteiger partial charge on any atom is -0.388 e. The van der Waals surface area contributed by atoms with Crippen LogP contribution < -0.4 is 0 Å². The lowest BCUT2D eigenvalue weighted by Gasteiger charge is -2.11. The van der Waals surface area contributed by atoms with Gasteiger partial charge in [-0.3, -0.25) is 4.79 Å². The van der Waals surface area contributed by atoms with Crippen LogP contribution in [0.3, 0.4) is 0 Å². The van der Waals surface area contributed by atoms with Crippen molar-refractivity contribution in [3.05, 3.63) is 41.5 Å². The van der Waals surface area contributed by atoms with Crippen LogP contribution in [0.25, 0.3) is 5.57 Å². The Morgan fingerprint density at radius 2 is 1.89 bits per heavy atom. The Kier molecular flexibility index (Phi) is 4.92. The lowest BCUT2D eigenvalue weighted by Crippen LogP contribution is -1.97. The normalized spacial score (nSPS) is 16.5. The monoisotopic (exact) mass is 258 g/mol. The van der Waals surface area contributed by atoms with Gasteiger partial charge in [-0.25, -0.2) is 0 Å². The molecule has 1 unspecified atom stereocenters. The number of aliphatic hydroxyl groups excluding tert-OH is 1. The van der Waals surface area contributed by atoms with E-state index in [1.165, 1.54) is 12.8 Å². The van der Waals surface area contributed by atoms with Crippen molar-refractivity contribution >= 4 is 11.4 Å². The summed E-state index contributed by atoms with van der Waals surface area (Å²) in [4.78, 5) is 11.2. The third-order valence-corrected chi connectivity index (χ3v) is 3.72. The van der Waals surface area contributed by atoms with Crippen molar-refractivity contribution in [2.24, 2.45) is 0 Å². The highest BCUT2D eigenvalue weighted by atomic mass is 16.3. The Labute approximate surface area is 115 Å². The molecule has 2 rings (SSSR count). The van der Waals surface area contributed by atoms with Gasteiger partial charge < -0.3 is 5.11 Å².